The van der Waals surface area contributed by atoms with Gasteiger partial charge in [0.1, 0.15) is 5.75 Å². The van der Waals surface area contributed by atoms with Gasteiger partial charge in [-0.15, -0.1) is 0 Å². The number of nitrogens with zero attached hydrogens (tertiary/aromatic N) is 1. The number of fused-ring (bicyclic) bond motifs is 1. The van der Waals surface area contributed by atoms with Crippen LogP contribution in [0.4, 0.5) is 5.69 Å². The number of ether oxygens (including phenoxy) is 1. The highest BCUT2D eigenvalue weighted by Crippen LogP contribution is 2.29. The summed E-state index contributed by atoms with van der Waals surface area (Å²) in [6, 6.07) is 11.6. The van der Waals surface area contributed by atoms with Crippen LogP contribution in [-0.2, 0) is 4.79 Å². The largest absolute Gasteiger partial charge is 0.493 e. The fourth-order valence-corrected chi connectivity index (χ4v) is 2.90. The zero-order valence-corrected chi connectivity index (χ0v) is 14.3. The number of rotatable bonds is 5. The van der Waals surface area contributed by atoms with Gasteiger partial charge in [0.2, 0.25) is 0 Å². The summed E-state index contributed by atoms with van der Waals surface area (Å²) in [5.41, 5.74) is 4.45. The second-order valence-corrected chi connectivity index (χ2v) is 6.28. The fourth-order valence-electron chi connectivity index (χ4n) is 2.90. The van der Waals surface area contributed by atoms with Crippen LogP contribution in [0.2, 0.25) is 0 Å². The fraction of sp³-hybridized carbons (Fsp3) is 0.300. The molecule has 3 rings (SSSR count). The highest BCUT2D eigenvalue weighted by Gasteiger charge is 2.35. The minimum atomic E-state index is -0.442. The van der Waals surface area contributed by atoms with Crippen molar-refractivity contribution in [3.63, 3.8) is 0 Å². The van der Waals surface area contributed by atoms with Crippen LogP contribution >= 0.6 is 0 Å². The summed E-state index contributed by atoms with van der Waals surface area (Å²) in [7, 11) is 0. The molecule has 0 saturated heterocycles. The number of hydrogen-bond donors (Lipinski definition) is 0. The van der Waals surface area contributed by atoms with Crippen molar-refractivity contribution < 1.29 is 14.3 Å². The number of aryl methyl sites for hydroxylation is 3. The Morgan fingerprint density at radius 3 is 2.46 bits per heavy atom. The van der Waals surface area contributed by atoms with Crippen LogP contribution in [-0.4, -0.2) is 24.8 Å². The minimum Gasteiger partial charge on any atom is -0.493 e. The van der Waals surface area contributed by atoms with E-state index in [1.54, 1.807) is 11.0 Å². The molecule has 0 saturated carbocycles. The predicted molar refractivity (Wildman–Crippen MR) is 93.9 cm³/mol. The maximum atomic E-state index is 12.2. The Morgan fingerprint density at radius 1 is 0.958 bits per heavy atom. The minimum absolute atomic E-state index is 0.413. The molecule has 4 nitrogen and oxygen atoms in total. The van der Waals surface area contributed by atoms with Gasteiger partial charge in [0, 0.05) is 6.54 Å². The first-order valence-corrected chi connectivity index (χ1v) is 8.14. The molecule has 4 heteroatoms. The Hall–Kier alpha value is -2.62. The molecule has 1 aliphatic rings. The lowest BCUT2D eigenvalue weighted by Crippen LogP contribution is -2.31. The van der Waals surface area contributed by atoms with Crippen LogP contribution in [0, 0.1) is 20.8 Å². The van der Waals surface area contributed by atoms with Gasteiger partial charge in [0.15, 0.2) is 0 Å². The van der Waals surface area contributed by atoms with Gasteiger partial charge in [-0.25, -0.2) is 0 Å². The maximum Gasteiger partial charge on any atom is 0.299 e. The van der Waals surface area contributed by atoms with Crippen molar-refractivity contribution in [3.05, 3.63) is 58.7 Å². The molecule has 124 valence electrons. The van der Waals surface area contributed by atoms with Crippen molar-refractivity contribution in [1.82, 2.24) is 0 Å². The zero-order chi connectivity index (χ0) is 17.3. The van der Waals surface area contributed by atoms with Crippen LogP contribution in [0.1, 0.15) is 33.5 Å². The molecule has 0 unspecified atom stereocenters. The Balaban J connectivity index is 1.62. The third-order valence-electron chi connectivity index (χ3n) is 4.25. The van der Waals surface area contributed by atoms with Crippen molar-refractivity contribution in [2.75, 3.05) is 18.1 Å². The monoisotopic (exact) mass is 323 g/mol. The number of carbonyl (C=O) groups excluding carboxylic acids is 2. The van der Waals surface area contributed by atoms with Crippen molar-refractivity contribution >= 4 is 17.4 Å². The van der Waals surface area contributed by atoms with E-state index in [4.69, 9.17) is 4.74 Å². The third kappa shape index (κ3) is 3.04. The van der Waals surface area contributed by atoms with Gasteiger partial charge in [-0.2, -0.15) is 0 Å². The number of amides is 1. The second kappa shape index (κ2) is 6.48. The van der Waals surface area contributed by atoms with Crippen LogP contribution in [0.5, 0.6) is 5.75 Å². The van der Waals surface area contributed by atoms with E-state index < -0.39 is 11.7 Å². The first-order valence-electron chi connectivity index (χ1n) is 8.14. The molecule has 0 fully saturated rings. The Morgan fingerprint density at radius 2 is 1.67 bits per heavy atom. The van der Waals surface area contributed by atoms with Gasteiger partial charge < -0.3 is 9.64 Å². The molecule has 1 aliphatic heterocycles. The maximum absolute atomic E-state index is 12.2. The summed E-state index contributed by atoms with van der Waals surface area (Å²) in [5.74, 6) is 0.0151. The lowest BCUT2D eigenvalue weighted by molar-refractivity contribution is -0.114. The number of hydrogen-bond acceptors (Lipinski definition) is 3. The molecule has 1 heterocycles. The predicted octanol–water partition coefficient (Wildman–Crippen LogP) is 3.61. The highest BCUT2D eigenvalue weighted by molar-refractivity contribution is 6.52. The Kier molecular flexibility index (Phi) is 4.38. The molecule has 2 aromatic carbocycles. The van der Waals surface area contributed by atoms with Crippen molar-refractivity contribution in [3.8, 4) is 5.75 Å². The topological polar surface area (TPSA) is 46.6 Å². The zero-order valence-electron chi connectivity index (χ0n) is 14.3. The van der Waals surface area contributed by atoms with Gasteiger partial charge in [-0.3, -0.25) is 9.59 Å². The van der Waals surface area contributed by atoms with E-state index in [-0.39, 0.29) is 0 Å². The molecule has 1 amide bonds. The number of Topliss-reactive ketones (excluding diaryl/α,β-unsaturated/α-hetero) is 1. The molecule has 2 aromatic rings. The lowest BCUT2D eigenvalue weighted by atomic mass is 10.1. The summed E-state index contributed by atoms with van der Waals surface area (Å²) >= 11 is 0. The SMILES string of the molecule is Cc1ccc(C)c(OCCCN2C(=O)C(=O)c3cc(C)ccc32)c1. The van der Waals surface area contributed by atoms with Gasteiger partial charge in [-0.05, 0) is 56.5 Å². The summed E-state index contributed by atoms with van der Waals surface area (Å²) in [4.78, 5) is 25.8. The standard InChI is InChI=1S/C20H21NO3/c1-13-6-8-17-16(11-13)19(22)20(23)21(17)9-4-10-24-18-12-14(2)5-7-15(18)3/h5-8,11-12H,4,9-10H2,1-3H3. The third-order valence-corrected chi connectivity index (χ3v) is 4.25. The highest BCUT2D eigenvalue weighted by atomic mass is 16.5. The number of ketones is 1. The summed E-state index contributed by atoms with van der Waals surface area (Å²) in [6.45, 7) is 6.93. The van der Waals surface area contributed by atoms with Crippen molar-refractivity contribution in [1.29, 1.82) is 0 Å². The molecule has 0 aromatic heterocycles. The average molecular weight is 323 g/mol. The van der Waals surface area contributed by atoms with Gasteiger partial charge in [-0.1, -0.05) is 23.8 Å². The van der Waals surface area contributed by atoms with Crippen LogP contribution in [0.3, 0.4) is 0 Å². The number of benzene rings is 2. The van der Waals surface area contributed by atoms with Gasteiger partial charge in [0.05, 0.1) is 17.9 Å². The summed E-state index contributed by atoms with van der Waals surface area (Å²) in [5, 5.41) is 0. The summed E-state index contributed by atoms with van der Waals surface area (Å²) in [6.07, 6.45) is 0.666. The molecule has 24 heavy (non-hydrogen) atoms. The molecule has 0 N–H and O–H groups in total. The molecule has 0 atom stereocenters. The van der Waals surface area contributed by atoms with Gasteiger partial charge >= 0.3 is 0 Å². The molecular weight excluding hydrogens is 302 g/mol. The van der Waals surface area contributed by atoms with E-state index in [2.05, 4.69) is 6.07 Å². The van der Waals surface area contributed by atoms with Gasteiger partial charge in [0.25, 0.3) is 11.7 Å². The van der Waals surface area contributed by atoms with Crippen molar-refractivity contribution in [2.45, 2.75) is 27.2 Å². The van der Waals surface area contributed by atoms with E-state index >= 15 is 0 Å². The van der Waals surface area contributed by atoms with E-state index in [0.29, 0.717) is 30.8 Å². The van der Waals surface area contributed by atoms with E-state index in [9.17, 15) is 9.59 Å². The van der Waals surface area contributed by atoms with Crippen LogP contribution in [0.15, 0.2) is 36.4 Å². The van der Waals surface area contributed by atoms with Crippen LogP contribution < -0.4 is 9.64 Å². The Bertz CT molecular complexity index is 811. The quantitative estimate of drug-likeness (QED) is 0.624. The summed E-state index contributed by atoms with van der Waals surface area (Å²) < 4.78 is 5.82. The second-order valence-electron chi connectivity index (χ2n) is 6.28. The molecule has 0 aliphatic carbocycles. The number of carbonyl (C=O) groups is 2. The van der Waals surface area contributed by atoms with Crippen molar-refractivity contribution in [2.24, 2.45) is 0 Å². The number of anilines is 1. The average Bonchev–Trinajstić information content (AvgIpc) is 2.79. The van der Waals surface area contributed by atoms with E-state index in [1.807, 2.05) is 45.0 Å². The Labute approximate surface area is 142 Å². The van der Waals surface area contributed by atoms with Crippen LogP contribution in [0.25, 0.3) is 0 Å². The first-order chi connectivity index (χ1) is 11.5. The smallest absolute Gasteiger partial charge is 0.299 e. The lowest BCUT2D eigenvalue weighted by Gasteiger charge is -2.17. The molecule has 0 radical (unpaired) electrons. The van der Waals surface area contributed by atoms with E-state index in [1.165, 1.54) is 0 Å². The normalized spacial score (nSPS) is 13.4. The molecule has 0 spiro atoms. The molecule has 0 bridgehead atoms. The van der Waals surface area contributed by atoms with E-state index in [0.717, 1.165) is 22.4 Å². The first kappa shape index (κ1) is 16.2. The molecular formula is C20H21NO3.